The summed E-state index contributed by atoms with van der Waals surface area (Å²) in [4.78, 5) is 38.9. The van der Waals surface area contributed by atoms with Crippen LogP contribution in [-0.4, -0.2) is 55.3 Å². The first-order valence-corrected chi connectivity index (χ1v) is 9.86. The molecule has 9 nitrogen and oxygen atoms in total. The van der Waals surface area contributed by atoms with E-state index in [1.807, 2.05) is 18.3 Å². The Morgan fingerprint density at radius 3 is 2.46 bits per heavy atom. The van der Waals surface area contributed by atoms with Crippen molar-refractivity contribution in [3.8, 4) is 0 Å². The molecule has 10 heteroatoms. The van der Waals surface area contributed by atoms with Crippen molar-refractivity contribution in [2.45, 2.75) is 25.7 Å². The second-order valence-electron chi connectivity index (χ2n) is 6.13. The number of benzene rings is 1. The molecule has 1 amide bonds. The predicted octanol–water partition coefficient (Wildman–Crippen LogP) is 1.56. The van der Waals surface area contributed by atoms with E-state index in [9.17, 15) is 4.79 Å². The molecule has 1 aromatic heterocycles. The Labute approximate surface area is 150 Å². The van der Waals surface area contributed by atoms with Gasteiger partial charge in [-0.25, -0.2) is 10.0 Å². The minimum Gasteiger partial charge on any atom is -0.360 e. The monoisotopic (exact) mass is 385 g/mol. The number of likely N-dealkylation sites (tertiary alicyclic amines) is 1. The molecule has 26 heavy (non-hydrogen) atoms. The van der Waals surface area contributed by atoms with E-state index in [0.29, 0.717) is 11.5 Å². The molecule has 0 atom stereocenters. The Bertz CT molecular complexity index is 786. The highest BCUT2D eigenvalue weighted by molar-refractivity contribution is 7.45. The summed E-state index contributed by atoms with van der Waals surface area (Å²) in [6.07, 6.45) is 4.32. The Morgan fingerprint density at radius 1 is 1.31 bits per heavy atom. The topological polar surface area (TPSA) is 146 Å². The second kappa shape index (κ2) is 8.77. The van der Waals surface area contributed by atoms with E-state index in [-0.39, 0.29) is 0 Å². The number of phosphoric acid groups is 1. The van der Waals surface area contributed by atoms with Gasteiger partial charge in [-0.3, -0.25) is 10.0 Å². The van der Waals surface area contributed by atoms with Crippen molar-refractivity contribution >= 4 is 24.6 Å². The van der Waals surface area contributed by atoms with Gasteiger partial charge >= 0.3 is 7.82 Å². The van der Waals surface area contributed by atoms with Gasteiger partial charge in [-0.2, -0.15) is 0 Å². The molecule has 6 N–H and O–H groups in total. The van der Waals surface area contributed by atoms with Crippen molar-refractivity contribution in [2.75, 3.05) is 19.6 Å². The Kier molecular flexibility index (Phi) is 6.94. The summed E-state index contributed by atoms with van der Waals surface area (Å²) in [6, 6.07) is 5.63. The van der Waals surface area contributed by atoms with E-state index in [1.165, 1.54) is 5.56 Å². The standard InChI is InChI=1S/C16H21N3O2.H3O4P/c1-2-19-8-6-11(7-9-19)14-10-17-15-12(14)4-3-5-13(15)16(20)18-21;1-5(2,3)4/h3-5,10-11,17,21H,2,6-9H2,1H3,(H,18,20);(H3,1,2,3,4). The normalized spacial score (nSPS) is 16.2. The van der Waals surface area contributed by atoms with Crippen LogP contribution >= 0.6 is 7.82 Å². The summed E-state index contributed by atoms with van der Waals surface area (Å²) in [5, 5.41) is 9.93. The van der Waals surface area contributed by atoms with Crippen LogP contribution in [0.4, 0.5) is 0 Å². The molecule has 0 saturated carbocycles. The van der Waals surface area contributed by atoms with E-state index in [0.717, 1.165) is 43.4 Å². The fourth-order valence-electron chi connectivity index (χ4n) is 3.32. The Balaban J connectivity index is 0.000000431. The van der Waals surface area contributed by atoms with E-state index >= 15 is 0 Å². The number of aromatic nitrogens is 1. The molecule has 2 aromatic rings. The number of fused-ring (bicyclic) bond motifs is 1. The van der Waals surface area contributed by atoms with Gasteiger partial charge in [0, 0.05) is 11.6 Å². The highest BCUT2D eigenvalue weighted by Crippen LogP contribution is 2.34. The molecule has 0 unspecified atom stereocenters. The van der Waals surface area contributed by atoms with Crippen LogP contribution < -0.4 is 5.48 Å². The third-order valence-electron chi connectivity index (χ3n) is 4.57. The average molecular weight is 385 g/mol. The van der Waals surface area contributed by atoms with Gasteiger partial charge < -0.3 is 24.6 Å². The number of nitrogens with one attached hydrogen (secondary N) is 2. The molecule has 1 aromatic carbocycles. The number of nitrogens with zero attached hydrogens (tertiary/aromatic N) is 1. The number of hydroxylamine groups is 1. The third kappa shape index (κ3) is 5.38. The number of carbonyl (C=O) groups excluding carboxylic acids is 1. The number of carbonyl (C=O) groups is 1. The van der Waals surface area contributed by atoms with Gasteiger partial charge in [-0.15, -0.1) is 0 Å². The fraction of sp³-hybridized carbons (Fsp3) is 0.438. The lowest BCUT2D eigenvalue weighted by Crippen LogP contribution is -2.32. The molecule has 1 fully saturated rings. The molecule has 0 aliphatic carbocycles. The van der Waals surface area contributed by atoms with Crippen molar-refractivity contribution in [1.82, 2.24) is 15.4 Å². The van der Waals surface area contributed by atoms with Crippen LogP contribution in [0.5, 0.6) is 0 Å². The molecule has 0 radical (unpaired) electrons. The van der Waals surface area contributed by atoms with Crippen molar-refractivity contribution in [3.63, 3.8) is 0 Å². The van der Waals surface area contributed by atoms with Crippen LogP contribution in [0.1, 0.15) is 41.6 Å². The first-order valence-electron chi connectivity index (χ1n) is 8.29. The average Bonchev–Trinajstić information content (AvgIpc) is 3.03. The van der Waals surface area contributed by atoms with Gasteiger partial charge in [0.25, 0.3) is 5.91 Å². The minimum atomic E-state index is -4.64. The molecule has 3 rings (SSSR count). The molecule has 1 saturated heterocycles. The Morgan fingerprint density at radius 2 is 1.92 bits per heavy atom. The lowest BCUT2D eigenvalue weighted by molar-refractivity contribution is 0.0708. The zero-order valence-electron chi connectivity index (χ0n) is 14.4. The third-order valence-corrected chi connectivity index (χ3v) is 4.57. The van der Waals surface area contributed by atoms with E-state index in [2.05, 4.69) is 16.8 Å². The summed E-state index contributed by atoms with van der Waals surface area (Å²) < 4.78 is 8.88. The second-order valence-corrected chi connectivity index (χ2v) is 7.16. The number of piperidine rings is 1. The maximum absolute atomic E-state index is 11.7. The molecule has 0 spiro atoms. The highest BCUT2D eigenvalue weighted by Gasteiger charge is 2.23. The zero-order valence-corrected chi connectivity index (χ0v) is 15.3. The molecule has 1 aliphatic heterocycles. The summed E-state index contributed by atoms with van der Waals surface area (Å²) in [6.45, 7) is 5.57. The van der Waals surface area contributed by atoms with Crippen LogP contribution in [-0.2, 0) is 4.57 Å². The number of hydrogen-bond donors (Lipinski definition) is 6. The smallest absolute Gasteiger partial charge is 0.360 e. The zero-order chi connectivity index (χ0) is 19.3. The van der Waals surface area contributed by atoms with Crippen LogP contribution in [0.3, 0.4) is 0 Å². The van der Waals surface area contributed by atoms with E-state index in [4.69, 9.17) is 24.5 Å². The number of H-pyrrole nitrogens is 1. The maximum Gasteiger partial charge on any atom is 0.466 e. The number of aromatic amines is 1. The van der Waals surface area contributed by atoms with Gasteiger partial charge in [-0.1, -0.05) is 19.1 Å². The van der Waals surface area contributed by atoms with Crippen LogP contribution in [0, 0.1) is 0 Å². The van der Waals surface area contributed by atoms with Crippen molar-refractivity contribution in [3.05, 3.63) is 35.5 Å². The molecular formula is C16H24N3O6P. The summed E-state index contributed by atoms with van der Waals surface area (Å²) in [5.41, 5.74) is 4.28. The van der Waals surface area contributed by atoms with Crippen molar-refractivity contribution in [2.24, 2.45) is 0 Å². The molecule has 2 heterocycles. The lowest BCUT2D eigenvalue weighted by atomic mass is 9.89. The summed E-state index contributed by atoms with van der Waals surface area (Å²) in [7, 11) is -4.64. The maximum atomic E-state index is 11.7. The summed E-state index contributed by atoms with van der Waals surface area (Å²) in [5.74, 6) is 0.0591. The minimum absolute atomic E-state index is 0.477. The van der Waals surface area contributed by atoms with Gasteiger partial charge in [0.05, 0.1) is 11.1 Å². The van der Waals surface area contributed by atoms with Gasteiger partial charge in [0.2, 0.25) is 0 Å². The number of rotatable bonds is 3. The largest absolute Gasteiger partial charge is 0.466 e. The van der Waals surface area contributed by atoms with Gasteiger partial charge in [0.1, 0.15) is 0 Å². The van der Waals surface area contributed by atoms with Crippen molar-refractivity contribution in [1.29, 1.82) is 0 Å². The SMILES string of the molecule is CCN1CCC(c2c[nH]c3c(C(=O)NO)cccc23)CC1.O=P(O)(O)O. The lowest BCUT2D eigenvalue weighted by Gasteiger charge is -2.30. The predicted molar refractivity (Wildman–Crippen MR) is 95.9 cm³/mol. The molecule has 0 bridgehead atoms. The molecule has 1 aliphatic rings. The number of hydrogen-bond acceptors (Lipinski definition) is 4. The Hall–Kier alpha value is -1.74. The summed E-state index contributed by atoms with van der Waals surface area (Å²) >= 11 is 0. The first kappa shape index (κ1) is 20.6. The number of para-hydroxylation sites is 1. The van der Waals surface area contributed by atoms with Crippen LogP contribution in [0.2, 0.25) is 0 Å². The fourth-order valence-corrected chi connectivity index (χ4v) is 3.32. The van der Waals surface area contributed by atoms with E-state index in [1.54, 1.807) is 11.5 Å². The van der Waals surface area contributed by atoms with Crippen LogP contribution in [0.25, 0.3) is 10.9 Å². The van der Waals surface area contributed by atoms with Crippen molar-refractivity contribution < 1.29 is 29.2 Å². The number of amides is 1. The van der Waals surface area contributed by atoms with Gasteiger partial charge in [-0.05, 0) is 50.0 Å². The highest BCUT2D eigenvalue weighted by atomic mass is 31.2. The quantitative estimate of drug-likeness (QED) is 0.267. The first-order chi connectivity index (χ1) is 12.2. The van der Waals surface area contributed by atoms with Gasteiger partial charge in [0.15, 0.2) is 0 Å². The van der Waals surface area contributed by atoms with Crippen LogP contribution in [0.15, 0.2) is 24.4 Å². The molecule has 144 valence electrons. The van der Waals surface area contributed by atoms with E-state index < -0.39 is 13.7 Å². The molecular weight excluding hydrogens is 361 g/mol.